The quantitative estimate of drug-likeness (QED) is 0.908. The highest BCUT2D eigenvalue weighted by Gasteiger charge is 2.58. The SMILES string of the molecule is COc1ccc(N2[C@]3(C)CCC[C@@]2(C)[C@H](F)[C@H](O)C3)cc1. The van der Waals surface area contributed by atoms with Crippen LogP contribution in [0.4, 0.5) is 10.1 Å². The number of nitrogens with zero attached hydrogens (tertiary/aromatic N) is 1. The normalized spacial score (nSPS) is 39.2. The molecule has 1 aromatic rings. The molecule has 21 heavy (non-hydrogen) atoms. The predicted molar refractivity (Wildman–Crippen MR) is 81.7 cm³/mol. The fourth-order valence-electron chi connectivity index (χ4n) is 4.43. The molecule has 2 saturated heterocycles. The standard InChI is InChI=1S/C17H24FNO2/c1-16-9-4-10-17(2,15(18)14(20)11-16)19(16)12-5-7-13(21-3)8-6-12/h5-8,14-15,20H,4,9-11H2,1-3H3/t14-,15-,16-,17+/m1/s1. The van der Waals surface area contributed by atoms with Crippen molar-refractivity contribution in [1.29, 1.82) is 0 Å². The lowest BCUT2D eigenvalue weighted by Gasteiger charge is -2.62. The molecule has 116 valence electrons. The van der Waals surface area contributed by atoms with E-state index in [0.717, 1.165) is 30.7 Å². The van der Waals surface area contributed by atoms with Gasteiger partial charge in [0.2, 0.25) is 0 Å². The molecule has 0 spiro atoms. The van der Waals surface area contributed by atoms with E-state index in [-0.39, 0.29) is 5.54 Å². The van der Waals surface area contributed by atoms with Crippen LogP contribution in [-0.4, -0.2) is 35.6 Å². The van der Waals surface area contributed by atoms with E-state index >= 15 is 0 Å². The summed E-state index contributed by atoms with van der Waals surface area (Å²) in [4.78, 5) is 2.21. The number of piperidine rings is 2. The molecule has 2 bridgehead atoms. The monoisotopic (exact) mass is 293 g/mol. The Morgan fingerprint density at radius 1 is 1.24 bits per heavy atom. The number of aliphatic hydroxyl groups excluding tert-OH is 1. The number of anilines is 1. The Bertz CT molecular complexity index is 520. The Morgan fingerprint density at radius 2 is 1.90 bits per heavy atom. The van der Waals surface area contributed by atoms with E-state index in [1.165, 1.54) is 0 Å². The molecule has 3 rings (SSSR count). The van der Waals surface area contributed by atoms with Gasteiger partial charge in [-0.1, -0.05) is 0 Å². The molecule has 0 unspecified atom stereocenters. The zero-order valence-electron chi connectivity index (χ0n) is 13.0. The second-order valence-corrected chi connectivity index (χ2v) is 6.91. The van der Waals surface area contributed by atoms with Gasteiger partial charge in [0.25, 0.3) is 0 Å². The van der Waals surface area contributed by atoms with Gasteiger partial charge in [0, 0.05) is 11.2 Å². The number of hydrogen-bond acceptors (Lipinski definition) is 3. The number of benzene rings is 1. The van der Waals surface area contributed by atoms with Gasteiger partial charge in [0.1, 0.15) is 11.9 Å². The van der Waals surface area contributed by atoms with Crippen LogP contribution in [0.15, 0.2) is 24.3 Å². The summed E-state index contributed by atoms with van der Waals surface area (Å²) in [5.74, 6) is 0.799. The van der Waals surface area contributed by atoms with Crippen LogP contribution in [0, 0.1) is 0 Å². The summed E-state index contributed by atoms with van der Waals surface area (Å²) in [7, 11) is 1.64. The van der Waals surface area contributed by atoms with Crippen LogP contribution in [0.5, 0.6) is 5.75 Å². The first-order valence-corrected chi connectivity index (χ1v) is 7.67. The van der Waals surface area contributed by atoms with E-state index in [1.54, 1.807) is 7.11 Å². The number of methoxy groups -OCH3 is 1. The zero-order chi connectivity index (χ0) is 15.3. The fraction of sp³-hybridized carbons (Fsp3) is 0.647. The number of hydrogen-bond donors (Lipinski definition) is 1. The van der Waals surface area contributed by atoms with Crippen molar-refractivity contribution < 1.29 is 14.2 Å². The molecule has 0 amide bonds. The van der Waals surface area contributed by atoms with Crippen molar-refractivity contribution in [3.8, 4) is 5.75 Å². The van der Waals surface area contributed by atoms with Crippen LogP contribution in [0.3, 0.4) is 0 Å². The van der Waals surface area contributed by atoms with Crippen molar-refractivity contribution in [2.45, 2.75) is 62.9 Å². The molecule has 0 aromatic heterocycles. The van der Waals surface area contributed by atoms with Gasteiger partial charge in [-0.25, -0.2) is 4.39 Å². The fourth-order valence-corrected chi connectivity index (χ4v) is 4.43. The van der Waals surface area contributed by atoms with Gasteiger partial charge < -0.3 is 14.7 Å². The topological polar surface area (TPSA) is 32.7 Å². The summed E-state index contributed by atoms with van der Waals surface area (Å²) in [6, 6.07) is 7.81. The van der Waals surface area contributed by atoms with Crippen molar-refractivity contribution in [2.75, 3.05) is 12.0 Å². The maximum absolute atomic E-state index is 14.8. The first kappa shape index (κ1) is 14.6. The highest BCUT2D eigenvalue weighted by atomic mass is 19.1. The third kappa shape index (κ3) is 2.11. The lowest BCUT2D eigenvalue weighted by atomic mass is 9.66. The Morgan fingerprint density at radius 3 is 2.52 bits per heavy atom. The maximum Gasteiger partial charge on any atom is 0.149 e. The molecule has 2 aliphatic heterocycles. The molecule has 0 radical (unpaired) electrons. The molecule has 3 nitrogen and oxygen atoms in total. The lowest BCUT2D eigenvalue weighted by Crippen LogP contribution is -2.72. The molecule has 4 heteroatoms. The summed E-state index contributed by atoms with van der Waals surface area (Å²) in [5.41, 5.74) is 0.179. The first-order chi connectivity index (χ1) is 9.90. The number of halogens is 1. The van der Waals surface area contributed by atoms with Gasteiger partial charge in [0.15, 0.2) is 0 Å². The molecular weight excluding hydrogens is 269 g/mol. The first-order valence-electron chi connectivity index (χ1n) is 7.67. The average Bonchev–Trinajstić information content (AvgIpc) is 2.45. The van der Waals surface area contributed by atoms with E-state index in [1.807, 2.05) is 31.2 Å². The van der Waals surface area contributed by atoms with Crippen LogP contribution in [0.1, 0.15) is 39.5 Å². The molecule has 0 saturated carbocycles. The van der Waals surface area contributed by atoms with E-state index in [2.05, 4.69) is 11.8 Å². The van der Waals surface area contributed by atoms with Crippen LogP contribution < -0.4 is 9.64 Å². The molecule has 2 fully saturated rings. The van der Waals surface area contributed by atoms with Gasteiger partial charge in [-0.05, 0) is 63.8 Å². The zero-order valence-corrected chi connectivity index (χ0v) is 13.0. The van der Waals surface area contributed by atoms with Crippen molar-refractivity contribution >= 4 is 5.69 Å². The molecule has 0 aliphatic carbocycles. The van der Waals surface area contributed by atoms with Gasteiger partial charge in [-0.3, -0.25) is 0 Å². The van der Waals surface area contributed by atoms with E-state index < -0.39 is 17.8 Å². The van der Waals surface area contributed by atoms with E-state index in [0.29, 0.717) is 6.42 Å². The number of rotatable bonds is 2. The van der Waals surface area contributed by atoms with Crippen molar-refractivity contribution in [2.24, 2.45) is 0 Å². The number of fused-ring (bicyclic) bond motifs is 2. The highest BCUT2D eigenvalue weighted by Crippen LogP contribution is 2.51. The number of alkyl halides is 1. The van der Waals surface area contributed by atoms with Crippen LogP contribution in [0.2, 0.25) is 0 Å². The minimum absolute atomic E-state index is 0.191. The molecular formula is C17H24FNO2. The molecule has 1 N–H and O–H groups in total. The lowest BCUT2D eigenvalue weighted by molar-refractivity contribution is -0.0473. The van der Waals surface area contributed by atoms with Crippen LogP contribution in [-0.2, 0) is 0 Å². The third-order valence-corrected chi connectivity index (χ3v) is 5.36. The largest absolute Gasteiger partial charge is 0.497 e. The van der Waals surface area contributed by atoms with Gasteiger partial charge in [-0.2, -0.15) is 0 Å². The summed E-state index contributed by atoms with van der Waals surface area (Å²) in [6.45, 7) is 4.09. The molecule has 2 heterocycles. The number of ether oxygens (including phenoxy) is 1. The smallest absolute Gasteiger partial charge is 0.149 e. The minimum atomic E-state index is -1.21. The van der Waals surface area contributed by atoms with Gasteiger partial charge >= 0.3 is 0 Å². The molecule has 1 aromatic carbocycles. The highest BCUT2D eigenvalue weighted by molar-refractivity contribution is 5.56. The van der Waals surface area contributed by atoms with Crippen molar-refractivity contribution in [3.63, 3.8) is 0 Å². The predicted octanol–water partition coefficient (Wildman–Crippen LogP) is 3.31. The summed E-state index contributed by atoms with van der Waals surface area (Å²) < 4.78 is 20.0. The maximum atomic E-state index is 14.8. The molecule has 4 atom stereocenters. The minimum Gasteiger partial charge on any atom is -0.497 e. The summed E-state index contributed by atoms with van der Waals surface area (Å²) >= 11 is 0. The Hall–Kier alpha value is -1.29. The third-order valence-electron chi connectivity index (χ3n) is 5.36. The van der Waals surface area contributed by atoms with Gasteiger partial charge in [0.05, 0.1) is 18.8 Å². The summed E-state index contributed by atoms with van der Waals surface area (Å²) in [5, 5.41) is 10.1. The Labute approximate surface area is 125 Å². The number of aliphatic hydroxyl groups is 1. The Kier molecular flexibility index (Phi) is 3.40. The second-order valence-electron chi connectivity index (χ2n) is 6.91. The van der Waals surface area contributed by atoms with Crippen LogP contribution in [0.25, 0.3) is 0 Å². The second kappa shape index (κ2) is 4.87. The molecule has 2 aliphatic rings. The van der Waals surface area contributed by atoms with E-state index in [4.69, 9.17) is 4.74 Å². The van der Waals surface area contributed by atoms with Gasteiger partial charge in [-0.15, -0.1) is 0 Å². The van der Waals surface area contributed by atoms with E-state index in [9.17, 15) is 9.50 Å². The van der Waals surface area contributed by atoms with Crippen LogP contribution >= 0.6 is 0 Å². The summed E-state index contributed by atoms with van der Waals surface area (Å²) in [6.07, 6.45) is 1.16. The van der Waals surface area contributed by atoms with Crippen molar-refractivity contribution in [1.82, 2.24) is 0 Å². The Balaban J connectivity index is 2.05. The van der Waals surface area contributed by atoms with Crippen molar-refractivity contribution in [3.05, 3.63) is 24.3 Å². The average molecular weight is 293 g/mol.